The summed E-state index contributed by atoms with van der Waals surface area (Å²) in [6.07, 6.45) is 3.69. The smallest absolute Gasteiger partial charge is 0.170 e. The molecule has 1 aromatic heterocycles. The maximum atomic E-state index is 8.68. The molecule has 19 heavy (non-hydrogen) atoms. The van der Waals surface area contributed by atoms with Crippen LogP contribution in [0.4, 0.5) is 5.69 Å². The van der Waals surface area contributed by atoms with Gasteiger partial charge in [-0.1, -0.05) is 17.3 Å². The van der Waals surface area contributed by atoms with Gasteiger partial charge in [0, 0.05) is 37.2 Å². The lowest BCUT2D eigenvalue weighted by molar-refractivity contribution is 0.318. The number of nitrogens with zero attached hydrogens (tertiary/aromatic N) is 4. The first kappa shape index (κ1) is 12.9. The van der Waals surface area contributed by atoms with Crippen molar-refractivity contribution in [2.24, 2.45) is 10.9 Å². The molecule has 3 N–H and O–H groups in total. The molecule has 6 nitrogen and oxygen atoms in total. The lowest BCUT2D eigenvalue weighted by Crippen LogP contribution is -2.23. The largest absolute Gasteiger partial charge is 0.409 e. The van der Waals surface area contributed by atoms with Gasteiger partial charge in [-0.3, -0.25) is 4.68 Å². The van der Waals surface area contributed by atoms with Gasteiger partial charge in [0.05, 0.1) is 6.54 Å². The van der Waals surface area contributed by atoms with E-state index < -0.39 is 0 Å². The zero-order chi connectivity index (χ0) is 13.7. The SMILES string of the molecule is CN(CCn1cccn1)c1cccc(C(N)=NO)c1. The number of anilines is 1. The summed E-state index contributed by atoms with van der Waals surface area (Å²) in [6, 6.07) is 9.46. The second-order valence-corrected chi connectivity index (χ2v) is 4.23. The van der Waals surface area contributed by atoms with E-state index in [2.05, 4.69) is 15.2 Å². The summed E-state index contributed by atoms with van der Waals surface area (Å²) in [7, 11) is 1.99. The van der Waals surface area contributed by atoms with Gasteiger partial charge in [0.25, 0.3) is 0 Å². The highest BCUT2D eigenvalue weighted by molar-refractivity contribution is 5.97. The highest BCUT2D eigenvalue weighted by Gasteiger charge is 2.04. The van der Waals surface area contributed by atoms with Crippen molar-refractivity contribution in [3.05, 3.63) is 48.3 Å². The Morgan fingerprint density at radius 3 is 3.00 bits per heavy atom. The predicted octanol–water partition coefficient (Wildman–Crippen LogP) is 1.11. The maximum Gasteiger partial charge on any atom is 0.170 e. The van der Waals surface area contributed by atoms with Gasteiger partial charge in [0.15, 0.2) is 5.84 Å². The Kier molecular flexibility index (Phi) is 4.02. The summed E-state index contributed by atoms with van der Waals surface area (Å²) in [5, 5.41) is 15.9. The number of aromatic nitrogens is 2. The Morgan fingerprint density at radius 2 is 2.32 bits per heavy atom. The fourth-order valence-electron chi connectivity index (χ4n) is 1.77. The van der Waals surface area contributed by atoms with E-state index in [4.69, 9.17) is 10.9 Å². The van der Waals surface area contributed by atoms with Crippen LogP contribution in [0.15, 0.2) is 47.9 Å². The van der Waals surface area contributed by atoms with Gasteiger partial charge in [-0.05, 0) is 18.2 Å². The molecule has 100 valence electrons. The Morgan fingerprint density at radius 1 is 1.47 bits per heavy atom. The molecule has 0 spiro atoms. The average molecular weight is 259 g/mol. The maximum absolute atomic E-state index is 8.68. The molecule has 0 aliphatic rings. The molecular formula is C13H17N5O. The quantitative estimate of drug-likeness (QED) is 0.365. The first-order chi connectivity index (χ1) is 9.20. The van der Waals surface area contributed by atoms with Gasteiger partial charge in [0.1, 0.15) is 0 Å². The molecule has 0 aliphatic heterocycles. The number of amidine groups is 1. The number of hydrogen-bond acceptors (Lipinski definition) is 4. The minimum absolute atomic E-state index is 0.113. The molecule has 0 bridgehead atoms. The van der Waals surface area contributed by atoms with Crippen molar-refractivity contribution in [2.75, 3.05) is 18.5 Å². The van der Waals surface area contributed by atoms with E-state index in [9.17, 15) is 0 Å². The topological polar surface area (TPSA) is 79.7 Å². The molecule has 1 aromatic carbocycles. The predicted molar refractivity (Wildman–Crippen MR) is 74.4 cm³/mol. The molecule has 0 fully saturated rings. The van der Waals surface area contributed by atoms with E-state index in [1.165, 1.54) is 0 Å². The van der Waals surface area contributed by atoms with Crippen LogP contribution in [-0.4, -0.2) is 34.4 Å². The van der Waals surface area contributed by atoms with Crippen LogP contribution in [-0.2, 0) is 6.54 Å². The number of likely N-dealkylation sites (N-methyl/N-ethyl adjacent to an activating group) is 1. The molecule has 0 atom stereocenters. The molecule has 0 amide bonds. The molecule has 2 aromatic rings. The summed E-state index contributed by atoms with van der Waals surface area (Å²) < 4.78 is 1.88. The summed E-state index contributed by atoms with van der Waals surface area (Å²) in [5.41, 5.74) is 7.29. The summed E-state index contributed by atoms with van der Waals surface area (Å²) in [5.74, 6) is 0.113. The van der Waals surface area contributed by atoms with Crippen LogP contribution in [0.25, 0.3) is 0 Å². The van der Waals surface area contributed by atoms with Gasteiger partial charge in [-0.2, -0.15) is 5.10 Å². The number of rotatable bonds is 5. The van der Waals surface area contributed by atoms with Gasteiger partial charge in [0.2, 0.25) is 0 Å². The Hall–Kier alpha value is -2.50. The van der Waals surface area contributed by atoms with E-state index >= 15 is 0 Å². The minimum atomic E-state index is 0.113. The van der Waals surface area contributed by atoms with Crippen LogP contribution in [0.1, 0.15) is 5.56 Å². The lowest BCUT2D eigenvalue weighted by Gasteiger charge is -2.19. The van der Waals surface area contributed by atoms with Gasteiger partial charge < -0.3 is 15.8 Å². The van der Waals surface area contributed by atoms with Crippen molar-refractivity contribution in [3.63, 3.8) is 0 Å². The molecule has 6 heteroatoms. The van der Waals surface area contributed by atoms with Crippen LogP contribution in [0, 0.1) is 0 Å². The molecule has 0 radical (unpaired) electrons. The zero-order valence-electron chi connectivity index (χ0n) is 10.8. The summed E-state index contributed by atoms with van der Waals surface area (Å²) in [6.45, 7) is 1.62. The van der Waals surface area contributed by atoms with Crippen molar-refractivity contribution < 1.29 is 5.21 Å². The van der Waals surface area contributed by atoms with Crippen molar-refractivity contribution in [1.29, 1.82) is 0 Å². The highest BCUT2D eigenvalue weighted by atomic mass is 16.4. The molecule has 2 rings (SSSR count). The van der Waals surface area contributed by atoms with Crippen molar-refractivity contribution in [1.82, 2.24) is 9.78 Å². The Balaban J connectivity index is 2.04. The molecule has 0 saturated carbocycles. The van der Waals surface area contributed by atoms with E-state index in [1.54, 1.807) is 12.3 Å². The second kappa shape index (κ2) is 5.90. The zero-order valence-corrected chi connectivity index (χ0v) is 10.8. The van der Waals surface area contributed by atoms with E-state index in [-0.39, 0.29) is 5.84 Å². The summed E-state index contributed by atoms with van der Waals surface area (Å²) >= 11 is 0. The first-order valence-corrected chi connectivity index (χ1v) is 5.97. The van der Waals surface area contributed by atoms with E-state index in [0.29, 0.717) is 5.56 Å². The number of oxime groups is 1. The molecule has 0 saturated heterocycles. The Labute approximate surface area is 111 Å². The van der Waals surface area contributed by atoms with E-state index in [1.807, 2.05) is 42.2 Å². The van der Waals surface area contributed by atoms with Gasteiger partial charge in [-0.25, -0.2) is 0 Å². The molecule has 0 aliphatic carbocycles. The van der Waals surface area contributed by atoms with Crippen molar-refractivity contribution in [3.8, 4) is 0 Å². The minimum Gasteiger partial charge on any atom is -0.409 e. The second-order valence-electron chi connectivity index (χ2n) is 4.23. The fraction of sp³-hybridized carbons (Fsp3) is 0.231. The van der Waals surface area contributed by atoms with Gasteiger partial charge in [-0.15, -0.1) is 0 Å². The highest BCUT2D eigenvalue weighted by Crippen LogP contribution is 2.14. The van der Waals surface area contributed by atoms with Crippen LogP contribution < -0.4 is 10.6 Å². The normalized spacial score (nSPS) is 11.5. The Bertz CT molecular complexity index is 550. The van der Waals surface area contributed by atoms with Crippen LogP contribution in [0.3, 0.4) is 0 Å². The third-order valence-electron chi connectivity index (χ3n) is 2.91. The fourth-order valence-corrected chi connectivity index (χ4v) is 1.77. The third-order valence-corrected chi connectivity index (χ3v) is 2.91. The lowest BCUT2D eigenvalue weighted by atomic mass is 10.2. The van der Waals surface area contributed by atoms with Gasteiger partial charge >= 0.3 is 0 Å². The van der Waals surface area contributed by atoms with Crippen LogP contribution in [0.2, 0.25) is 0 Å². The van der Waals surface area contributed by atoms with Crippen LogP contribution >= 0.6 is 0 Å². The van der Waals surface area contributed by atoms with Crippen molar-refractivity contribution >= 4 is 11.5 Å². The standard InChI is InChI=1S/C13H17N5O/c1-17(8-9-18-7-3-6-15-18)12-5-2-4-11(10-12)13(14)16-19/h2-7,10,19H,8-9H2,1H3,(H2,14,16). The molecular weight excluding hydrogens is 242 g/mol. The molecule has 0 unspecified atom stereocenters. The number of hydrogen-bond donors (Lipinski definition) is 2. The molecule has 1 heterocycles. The van der Waals surface area contributed by atoms with Crippen LogP contribution in [0.5, 0.6) is 0 Å². The first-order valence-electron chi connectivity index (χ1n) is 5.97. The van der Waals surface area contributed by atoms with E-state index in [0.717, 1.165) is 18.8 Å². The average Bonchev–Trinajstić information content (AvgIpc) is 2.97. The third kappa shape index (κ3) is 3.25. The summed E-state index contributed by atoms with van der Waals surface area (Å²) in [4.78, 5) is 2.09. The van der Waals surface area contributed by atoms with Crippen molar-refractivity contribution in [2.45, 2.75) is 6.54 Å². The monoisotopic (exact) mass is 259 g/mol. The number of nitrogens with two attached hydrogens (primary N) is 1. The number of benzene rings is 1.